The largest absolute Gasteiger partial charge is 0.489 e. The Kier molecular flexibility index (Phi) is 9.28. The Labute approximate surface area is 217 Å². The van der Waals surface area contributed by atoms with Crippen LogP contribution in [-0.2, 0) is 11.4 Å². The Morgan fingerprint density at radius 1 is 1.00 bits per heavy atom. The fraction of sp³-hybridized carbons (Fsp3) is 0.300. The lowest BCUT2D eigenvalue weighted by molar-refractivity contribution is -0.139. The van der Waals surface area contributed by atoms with E-state index >= 15 is 0 Å². The highest BCUT2D eigenvalue weighted by Crippen LogP contribution is 2.27. The summed E-state index contributed by atoms with van der Waals surface area (Å²) in [4.78, 5) is 24.7. The molecule has 3 aromatic carbocycles. The summed E-state index contributed by atoms with van der Waals surface area (Å²) >= 11 is 0. The van der Waals surface area contributed by atoms with E-state index in [9.17, 15) is 9.59 Å². The maximum atomic E-state index is 13.5. The molecule has 37 heavy (non-hydrogen) atoms. The molecule has 1 unspecified atom stereocenters. The van der Waals surface area contributed by atoms with Gasteiger partial charge in [0, 0.05) is 0 Å². The van der Waals surface area contributed by atoms with Crippen LogP contribution in [0.1, 0.15) is 64.5 Å². The van der Waals surface area contributed by atoms with Gasteiger partial charge in [-0.2, -0.15) is 5.26 Å². The highest BCUT2D eigenvalue weighted by molar-refractivity contribution is 5.97. The van der Waals surface area contributed by atoms with Crippen molar-refractivity contribution >= 4 is 11.9 Å². The molecule has 0 aliphatic heterocycles. The first-order chi connectivity index (χ1) is 17.6. The zero-order valence-corrected chi connectivity index (χ0v) is 21.6. The number of aryl methyl sites for hydroxylation is 2. The zero-order chi connectivity index (χ0) is 26.9. The van der Waals surface area contributed by atoms with Crippen LogP contribution in [0.3, 0.4) is 0 Å². The van der Waals surface area contributed by atoms with E-state index in [4.69, 9.17) is 19.8 Å². The molecule has 0 saturated heterocycles. The summed E-state index contributed by atoms with van der Waals surface area (Å²) in [5.74, 6) is -0.456. The Hall–Kier alpha value is -4.31. The smallest absolute Gasteiger partial charge is 0.341 e. The summed E-state index contributed by atoms with van der Waals surface area (Å²) in [5.41, 5.74) is 4.65. The molecule has 1 amide bonds. The van der Waals surface area contributed by atoms with Crippen LogP contribution >= 0.6 is 0 Å². The van der Waals surface area contributed by atoms with Crippen molar-refractivity contribution < 1.29 is 24.2 Å². The number of carbonyl (C=O) groups excluding carboxylic acids is 1. The highest BCUT2D eigenvalue weighted by Gasteiger charge is 2.21. The van der Waals surface area contributed by atoms with Crippen LogP contribution in [0.2, 0.25) is 0 Å². The molecule has 0 heterocycles. The van der Waals surface area contributed by atoms with Gasteiger partial charge in [0.1, 0.15) is 18.1 Å². The van der Waals surface area contributed by atoms with E-state index < -0.39 is 12.6 Å². The molecular weight excluding hydrogens is 468 g/mol. The summed E-state index contributed by atoms with van der Waals surface area (Å²) < 4.78 is 11.3. The molecule has 0 fully saturated rings. The quantitative estimate of drug-likeness (QED) is 0.348. The lowest BCUT2D eigenvalue weighted by Gasteiger charge is -2.23. The number of carbonyl (C=O) groups is 2. The first kappa shape index (κ1) is 27.3. The van der Waals surface area contributed by atoms with Crippen LogP contribution in [-0.4, -0.2) is 23.6 Å². The predicted molar refractivity (Wildman–Crippen MR) is 141 cm³/mol. The second-order valence-electron chi connectivity index (χ2n) is 9.52. The summed E-state index contributed by atoms with van der Waals surface area (Å²) in [5, 5.41) is 21.3. The van der Waals surface area contributed by atoms with Gasteiger partial charge >= 0.3 is 5.97 Å². The van der Waals surface area contributed by atoms with Crippen molar-refractivity contribution in [2.45, 2.75) is 46.8 Å². The van der Waals surface area contributed by atoms with Gasteiger partial charge in [-0.25, -0.2) is 4.79 Å². The summed E-state index contributed by atoms with van der Waals surface area (Å²) in [6.45, 7) is 7.84. The number of aliphatic carboxylic acids is 1. The third-order valence-corrected chi connectivity index (χ3v) is 5.67. The molecule has 3 rings (SSSR count). The van der Waals surface area contributed by atoms with E-state index in [1.54, 1.807) is 42.5 Å². The zero-order valence-electron chi connectivity index (χ0n) is 21.6. The van der Waals surface area contributed by atoms with Gasteiger partial charge in [0.05, 0.1) is 23.2 Å². The summed E-state index contributed by atoms with van der Waals surface area (Å²) in [6.07, 6.45) is 0.734. The maximum absolute atomic E-state index is 13.5. The molecular formula is C30H32N2O5. The number of hydrogen-bond acceptors (Lipinski definition) is 5. The van der Waals surface area contributed by atoms with Gasteiger partial charge in [0.25, 0.3) is 5.91 Å². The number of carboxylic acids is 1. The fourth-order valence-electron chi connectivity index (χ4n) is 4.13. The van der Waals surface area contributed by atoms with Gasteiger partial charge in [-0.3, -0.25) is 4.79 Å². The molecule has 0 aliphatic carbocycles. The molecule has 0 saturated carbocycles. The molecule has 0 aliphatic rings. The Morgan fingerprint density at radius 2 is 1.73 bits per heavy atom. The molecule has 3 aromatic rings. The SMILES string of the molecule is Cc1cc(C)cc(C(CC(C)C)NC(=O)c2cc(COc3cccc(C#N)c3)ccc2OCC(=O)O)c1. The molecule has 0 aromatic heterocycles. The third-order valence-electron chi connectivity index (χ3n) is 5.67. The van der Waals surface area contributed by atoms with E-state index in [-0.39, 0.29) is 29.9 Å². The molecule has 2 N–H and O–H groups in total. The van der Waals surface area contributed by atoms with Crippen molar-refractivity contribution in [1.29, 1.82) is 5.26 Å². The first-order valence-corrected chi connectivity index (χ1v) is 12.1. The van der Waals surface area contributed by atoms with Crippen LogP contribution < -0.4 is 14.8 Å². The lowest BCUT2D eigenvalue weighted by atomic mass is 9.94. The van der Waals surface area contributed by atoms with Crippen LogP contribution in [0, 0.1) is 31.1 Å². The molecule has 7 heteroatoms. The van der Waals surface area contributed by atoms with Crippen molar-refractivity contribution in [3.05, 3.63) is 94.0 Å². The second kappa shape index (κ2) is 12.6. The number of nitrogens with one attached hydrogen (secondary N) is 1. The van der Waals surface area contributed by atoms with Crippen molar-refractivity contribution in [2.24, 2.45) is 5.92 Å². The predicted octanol–water partition coefficient (Wildman–Crippen LogP) is 5.73. The van der Waals surface area contributed by atoms with Gasteiger partial charge in [-0.15, -0.1) is 0 Å². The number of nitrogens with zero attached hydrogens (tertiary/aromatic N) is 1. The van der Waals surface area contributed by atoms with E-state index in [0.29, 0.717) is 22.8 Å². The summed E-state index contributed by atoms with van der Waals surface area (Å²) in [6, 6.07) is 19.8. The highest BCUT2D eigenvalue weighted by atomic mass is 16.5. The minimum absolute atomic E-state index is 0.154. The van der Waals surface area contributed by atoms with E-state index in [0.717, 1.165) is 23.1 Å². The van der Waals surface area contributed by atoms with E-state index in [2.05, 4.69) is 43.4 Å². The Bertz CT molecular complexity index is 1290. The monoisotopic (exact) mass is 500 g/mol. The maximum Gasteiger partial charge on any atom is 0.341 e. The average Bonchev–Trinajstić information content (AvgIpc) is 2.85. The van der Waals surface area contributed by atoms with Gasteiger partial charge in [-0.1, -0.05) is 55.3 Å². The number of rotatable bonds is 11. The average molecular weight is 501 g/mol. The molecule has 0 radical (unpaired) electrons. The van der Waals surface area contributed by atoms with Crippen LogP contribution in [0.25, 0.3) is 0 Å². The Balaban J connectivity index is 1.89. The molecule has 7 nitrogen and oxygen atoms in total. The van der Waals surface area contributed by atoms with Crippen molar-refractivity contribution in [3.63, 3.8) is 0 Å². The van der Waals surface area contributed by atoms with Crippen molar-refractivity contribution in [2.75, 3.05) is 6.61 Å². The van der Waals surface area contributed by atoms with Crippen molar-refractivity contribution in [1.82, 2.24) is 5.32 Å². The number of amides is 1. The van der Waals surface area contributed by atoms with Crippen LogP contribution in [0.4, 0.5) is 0 Å². The molecule has 1 atom stereocenters. The van der Waals surface area contributed by atoms with Gasteiger partial charge < -0.3 is 19.9 Å². The van der Waals surface area contributed by atoms with Crippen molar-refractivity contribution in [3.8, 4) is 17.6 Å². The topological polar surface area (TPSA) is 109 Å². The first-order valence-electron chi connectivity index (χ1n) is 12.1. The fourth-order valence-corrected chi connectivity index (χ4v) is 4.13. The number of carboxylic acid groups (broad SMARTS) is 1. The van der Waals surface area contributed by atoms with Gasteiger partial charge in [0.15, 0.2) is 6.61 Å². The second-order valence-corrected chi connectivity index (χ2v) is 9.52. The van der Waals surface area contributed by atoms with Gasteiger partial charge in [0.2, 0.25) is 0 Å². The Morgan fingerprint density at radius 3 is 2.38 bits per heavy atom. The standard InChI is InChI=1S/C30H32N2O5/c1-19(2)10-27(24-12-20(3)11-21(4)13-24)32-30(35)26-15-23(8-9-28(26)37-18-29(33)34)17-36-25-7-5-6-22(14-25)16-31/h5-9,11-15,19,27H,10,17-18H2,1-4H3,(H,32,35)(H,33,34). The molecule has 0 spiro atoms. The molecule has 192 valence electrons. The van der Waals surface area contributed by atoms with Gasteiger partial charge in [-0.05, 0) is 67.6 Å². The normalized spacial score (nSPS) is 11.5. The third kappa shape index (κ3) is 8.11. The number of ether oxygens (including phenoxy) is 2. The lowest BCUT2D eigenvalue weighted by Crippen LogP contribution is -2.30. The van der Waals surface area contributed by atoms with Crippen LogP contribution in [0.15, 0.2) is 60.7 Å². The number of benzene rings is 3. The van der Waals surface area contributed by atoms with E-state index in [1.165, 1.54) is 0 Å². The molecule has 0 bridgehead atoms. The number of nitriles is 1. The minimum atomic E-state index is -1.14. The van der Waals surface area contributed by atoms with Crippen LogP contribution in [0.5, 0.6) is 11.5 Å². The number of hydrogen-bond donors (Lipinski definition) is 2. The summed E-state index contributed by atoms with van der Waals surface area (Å²) in [7, 11) is 0. The van der Waals surface area contributed by atoms with E-state index in [1.807, 2.05) is 13.8 Å². The minimum Gasteiger partial charge on any atom is -0.489 e.